The Morgan fingerprint density at radius 1 is 1.50 bits per heavy atom. The van der Waals surface area contributed by atoms with Crippen molar-refractivity contribution >= 4 is 23.2 Å². The third kappa shape index (κ3) is 2.56. The molecule has 0 atom stereocenters. The van der Waals surface area contributed by atoms with Gasteiger partial charge in [-0.2, -0.15) is 0 Å². The summed E-state index contributed by atoms with van der Waals surface area (Å²) in [6.45, 7) is 4.08. The van der Waals surface area contributed by atoms with Crippen LogP contribution in [0.2, 0.25) is 0 Å². The van der Waals surface area contributed by atoms with E-state index in [0.717, 1.165) is 16.9 Å². The highest BCUT2D eigenvalue weighted by Crippen LogP contribution is 2.28. The van der Waals surface area contributed by atoms with Crippen molar-refractivity contribution in [3.05, 3.63) is 21.4 Å². The van der Waals surface area contributed by atoms with Crippen LogP contribution in [0.25, 0.3) is 0 Å². The number of aliphatic carboxylic acids is 1. The Bertz CT molecular complexity index is 475. The minimum absolute atomic E-state index is 0.0195. The van der Waals surface area contributed by atoms with E-state index in [2.05, 4.69) is 12.2 Å². The van der Waals surface area contributed by atoms with Gasteiger partial charge in [-0.05, 0) is 37.8 Å². The van der Waals surface area contributed by atoms with E-state index in [9.17, 15) is 9.59 Å². The van der Waals surface area contributed by atoms with E-state index in [4.69, 9.17) is 5.11 Å². The van der Waals surface area contributed by atoms with Crippen LogP contribution in [0.4, 0.5) is 0 Å². The van der Waals surface area contributed by atoms with Crippen LogP contribution < -0.4 is 5.32 Å². The van der Waals surface area contributed by atoms with Gasteiger partial charge in [0.05, 0.1) is 10.8 Å². The number of carboxylic acid groups (broad SMARTS) is 1. The average molecular weight is 267 g/mol. The van der Waals surface area contributed by atoms with E-state index in [1.54, 1.807) is 0 Å². The summed E-state index contributed by atoms with van der Waals surface area (Å²) < 4.78 is 0. The number of rotatable bonds is 4. The molecule has 2 N–H and O–H groups in total. The number of aryl methyl sites for hydroxylation is 2. The molecule has 1 aliphatic carbocycles. The first kappa shape index (κ1) is 13.1. The van der Waals surface area contributed by atoms with Gasteiger partial charge >= 0.3 is 5.97 Å². The van der Waals surface area contributed by atoms with Crippen molar-refractivity contribution in [2.24, 2.45) is 5.92 Å². The van der Waals surface area contributed by atoms with Gasteiger partial charge in [0.2, 0.25) is 0 Å². The second kappa shape index (κ2) is 5.10. The normalized spacial score (nSPS) is 22.3. The maximum absolute atomic E-state index is 12.0. The highest BCUT2D eigenvalue weighted by Gasteiger charge is 2.35. The van der Waals surface area contributed by atoms with E-state index in [1.807, 2.05) is 13.0 Å². The van der Waals surface area contributed by atoms with Crippen molar-refractivity contribution in [2.75, 3.05) is 0 Å². The van der Waals surface area contributed by atoms with Gasteiger partial charge in [-0.25, -0.2) is 0 Å². The van der Waals surface area contributed by atoms with Crippen molar-refractivity contribution in [1.29, 1.82) is 0 Å². The van der Waals surface area contributed by atoms with Gasteiger partial charge in [0, 0.05) is 10.9 Å². The molecule has 1 aromatic rings. The molecule has 0 aliphatic heterocycles. The van der Waals surface area contributed by atoms with Gasteiger partial charge in [0.15, 0.2) is 0 Å². The van der Waals surface area contributed by atoms with Gasteiger partial charge in [-0.15, -0.1) is 11.3 Å². The van der Waals surface area contributed by atoms with Gasteiger partial charge in [0.1, 0.15) is 0 Å². The lowest BCUT2D eigenvalue weighted by Gasteiger charge is -2.32. The third-order valence-corrected chi connectivity index (χ3v) is 4.77. The van der Waals surface area contributed by atoms with Crippen molar-refractivity contribution < 1.29 is 14.7 Å². The topological polar surface area (TPSA) is 66.4 Å². The first-order chi connectivity index (χ1) is 8.51. The number of thiophene rings is 1. The fourth-order valence-electron chi connectivity index (χ4n) is 2.18. The van der Waals surface area contributed by atoms with E-state index in [1.165, 1.54) is 16.2 Å². The highest BCUT2D eigenvalue weighted by atomic mass is 32.1. The molecule has 98 valence electrons. The molecule has 1 aliphatic rings. The first-order valence-corrected chi connectivity index (χ1v) is 6.95. The van der Waals surface area contributed by atoms with Crippen LogP contribution in [0.5, 0.6) is 0 Å². The molecule has 5 heteroatoms. The summed E-state index contributed by atoms with van der Waals surface area (Å²) in [4.78, 5) is 24.6. The predicted octanol–water partition coefficient (Wildman–Crippen LogP) is 2.21. The third-order valence-electron chi connectivity index (χ3n) is 3.39. The van der Waals surface area contributed by atoms with Gasteiger partial charge in [-0.3, -0.25) is 9.59 Å². The first-order valence-electron chi connectivity index (χ1n) is 6.14. The molecular formula is C13H17NO3S. The van der Waals surface area contributed by atoms with E-state index in [0.29, 0.717) is 12.8 Å². The SMILES string of the molecule is CCc1sc(C(=O)NC2CC(C(=O)O)C2)cc1C. The maximum atomic E-state index is 12.0. The molecule has 0 radical (unpaired) electrons. The maximum Gasteiger partial charge on any atom is 0.306 e. The van der Waals surface area contributed by atoms with Crippen LogP contribution >= 0.6 is 11.3 Å². The van der Waals surface area contributed by atoms with Crippen LogP contribution in [0.15, 0.2) is 6.07 Å². The molecule has 1 heterocycles. The quantitative estimate of drug-likeness (QED) is 0.879. The summed E-state index contributed by atoms with van der Waals surface area (Å²) in [7, 11) is 0. The Morgan fingerprint density at radius 3 is 2.67 bits per heavy atom. The zero-order chi connectivity index (χ0) is 13.3. The van der Waals surface area contributed by atoms with Crippen molar-refractivity contribution in [2.45, 2.75) is 39.2 Å². The Hall–Kier alpha value is -1.36. The number of hydrogen-bond donors (Lipinski definition) is 2. The highest BCUT2D eigenvalue weighted by molar-refractivity contribution is 7.14. The lowest BCUT2D eigenvalue weighted by Crippen LogP contribution is -2.46. The second-order valence-electron chi connectivity index (χ2n) is 4.75. The monoisotopic (exact) mass is 267 g/mol. The van der Waals surface area contributed by atoms with Gasteiger partial charge in [0.25, 0.3) is 5.91 Å². The molecule has 2 rings (SSSR count). The van der Waals surface area contributed by atoms with Crippen molar-refractivity contribution in [3.63, 3.8) is 0 Å². The molecule has 0 bridgehead atoms. The minimum Gasteiger partial charge on any atom is -0.481 e. The van der Waals surface area contributed by atoms with Crippen LogP contribution in [0.3, 0.4) is 0 Å². The van der Waals surface area contributed by atoms with Crippen LogP contribution in [0.1, 0.15) is 39.9 Å². The molecule has 4 nitrogen and oxygen atoms in total. The standard InChI is InChI=1S/C13H17NO3S/c1-3-10-7(2)4-11(18-10)12(15)14-9-5-8(6-9)13(16)17/h4,8-9H,3,5-6H2,1-2H3,(H,14,15)(H,16,17). The Morgan fingerprint density at radius 2 is 2.17 bits per heavy atom. The summed E-state index contributed by atoms with van der Waals surface area (Å²) in [5, 5.41) is 11.7. The number of carboxylic acids is 1. The van der Waals surface area contributed by atoms with Crippen LogP contribution in [-0.2, 0) is 11.2 Å². The number of carbonyl (C=O) groups excluding carboxylic acids is 1. The molecular weight excluding hydrogens is 250 g/mol. The molecule has 0 saturated heterocycles. The number of nitrogens with one attached hydrogen (secondary N) is 1. The van der Waals surface area contributed by atoms with Gasteiger partial charge in [-0.1, -0.05) is 6.92 Å². The fraction of sp³-hybridized carbons (Fsp3) is 0.538. The van der Waals surface area contributed by atoms with Crippen molar-refractivity contribution in [1.82, 2.24) is 5.32 Å². The smallest absolute Gasteiger partial charge is 0.306 e. The Labute approximate surface area is 110 Å². The largest absolute Gasteiger partial charge is 0.481 e. The van der Waals surface area contributed by atoms with Crippen LogP contribution in [-0.4, -0.2) is 23.0 Å². The molecule has 18 heavy (non-hydrogen) atoms. The second-order valence-corrected chi connectivity index (χ2v) is 5.88. The Kier molecular flexibility index (Phi) is 3.71. The molecule has 1 aromatic heterocycles. The summed E-state index contributed by atoms with van der Waals surface area (Å²) in [6.07, 6.45) is 2.03. The van der Waals surface area contributed by atoms with E-state index in [-0.39, 0.29) is 17.9 Å². The summed E-state index contributed by atoms with van der Waals surface area (Å²) in [5.74, 6) is -1.12. The van der Waals surface area contributed by atoms with E-state index >= 15 is 0 Å². The molecule has 0 spiro atoms. The zero-order valence-corrected chi connectivity index (χ0v) is 11.3. The molecule has 1 fully saturated rings. The number of amides is 1. The fourth-order valence-corrected chi connectivity index (χ4v) is 3.19. The zero-order valence-electron chi connectivity index (χ0n) is 10.5. The summed E-state index contributed by atoms with van der Waals surface area (Å²) in [5.41, 5.74) is 1.16. The molecule has 0 unspecified atom stereocenters. The number of carbonyl (C=O) groups is 2. The molecule has 0 aromatic carbocycles. The minimum atomic E-state index is -0.763. The van der Waals surface area contributed by atoms with Crippen LogP contribution in [0, 0.1) is 12.8 Å². The lowest BCUT2D eigenvalue weighted by molar-refractivity contribution is -0.145. The lowest BCUT2D eigenvalue weighted by atomic mass is 9.80. The van der Waals surface area contributed by atoms with Gasteiger partial charge < -0.3 is 10.4 Å². The summed E-state index contributed by atoms with van der Waals surface area (Å²) in [6, 6.07) is 1.93. The molecule has 1 amide bonds. The predicted molar refractivity (Wildman–Crippen MR) is 70.0 cm³/mol. The van der Waals surface area contributed by atoms with E-state index < -0.39 is 5.97 Å². The Balaban J connectivity index is 1.91. The molecule has 1 saturated carbocycles. The summed E-state index contributed by atoms with van der Waals surface area (Å²) >= 11 is 1.52. The number of hydrogen-bond acceptors (Lipinski definition) is 3. The van der Waals surface area contributed by atoms with Crippen molar-refractivity contribution in [3.8, 4) is 0 Å². The average Bonchev–Trinajstić information content (AvgIpc) is 2.63.